The SMILES string of the molecule is OCC(Oc1ccc(Cl)cc1OCc1cccc(O)c1)c1cccc(O)c1. The molecule has 0 radical (unpaired) electrons. The minimum Gasteiger partial charge on any atom is -0.508 e. The molecule has 5 nitrogen and oxygen atoms in total. The molecule has 1 atom stereocenters. The van der Waals surface area contributed by atoms with Gasteiger partial charge in [-0.2, -0.15) is 0 Å². The smallest absolute Gasteiger partial charge is 0.163 e. The molecule has 0 saturated carbocycles. The summed E-state index contributed by atoms with van der Waals surface area (Å²) in [6, 6.07) is 18.2. The third kappa shape index (κ3) is 5.06. The highest BCUT2D eigenvalue weighted by molar-refractivity contribution is 6.30. The highest BCUT2D eigenvalue weighted by atomic mass is 35.5. The number of phenols is 2. The van der Waals surface area contributed by atoms with E-state index in [2.05, 4.69) is 0 Å². The fraction of sp³-hybridized carbons (Fsp3) is 0.143. The average molecular weight is 387 g/mol. The first kappa shape index (κ1) is 18.9. The molecular formula is C21H19ClO5. The summed E-state index contributed by atoms with van der Waals surface area (Å²) >= 11 is 6.07. The lowest BCUT2D eigenvalue weighted by Gasteiger charge is -2.20. The van der Waals surface area contributed by atoms with E-state index < -0.39 is 6.10 Å². The summed E-state index contributed by atoms with van der Waals surface area (Å²) in [4.78, 5) is 0. The zero-order valence-electron chi connectivity index (χ0n) is 14.4. The van der Waals surface area contributed by atoms with Crippen LogP contribution in [-0.2, 0) is 6.61 Å². The summed E-state index contributed by atoms with van der Waals surface area (Å²) in [6.45, 7) is -0.0703. The molecule has 0 aromatic heterocycles. The van der Waals surface area contributed by atoms with E-state index in [4.69, 9.17) is 21.1 Å². The Hall–Kier alpha value is -2.89. The summed E-state index contributed by atoms with van der Waals surface area (Å²) in [5.74, 6) is 1.06. The van der Waals surface area contributed by atoms with Gasteiger partial charge in [-0.15, -0.1) is 0 Å². The van der Waals surface area contributed by atoms with Gasteiger partial charge < -0.3 is 24.8 Å². The summed E-state index contributed by atoms with van der Waals surface area (Å²) in [7, 11) is 0. The Morgan fingerprint density at radius 1 is 0.852 bits per heavy atom. The first-order valence-corrected chi connectivity index (χ1v) is 8.69. The van der Waals surface area contributed by atoms with Crippen LogP contribution < -0.4 is 9.47 Å². The Morgan fingerprint density at radius 2 is 1.59 bits per heavy atom. The number of aromatic hydroxyl groups is 2. The first-order chi connectivity index (χ1) is 13.0. The fourth-order valence-corrected chi connectivity index (χ4v) is 2.75. The van der Waals surface area contributed by atoms with Crippen LogP contribution >= 0.6 is 11.6 Å². The van der Waals surface area contributed by atoms with Gasteiger partial charge in [0.2, 0.25) is 0 Å². The topological polar surface area (TPSA) is 79.2 Å². The van der Waals surface area contributed by atoms with Gasteiger partial charge in [0.1, 0.15) is 24.2 Å². The van der Waals surface area contributed by atoms with Crippen molar-refractivity contribution in [3.05, 3.63) is 82.9 Å². The Kier molecular flexibility index (Phi) is 6.06. The number of phenolic OH excluding ortho intramolecular Hbond substituents is 2. The molecule has 140 valence electrons. The average Bonchev–Trinajstić information content (AvgIpc) is 2.65. The molecule has 0 aliphatic heterocycles. The second-order valence-corrected chi connectivity index (χ2v) is 6.37. The van der Waals surface area contributed by atoms with Crippen LogP contribution in [0.5, 0.6) is 23.0 Å². The van der Waals surface area contributed by atoms with E-state index in [1.165, 1.54) is 6.07 Å². The maximum absolute atomic E-state index is 9.71. The Bertz CT molecular complexity index is 913. The first-order valence-electron chi connectivity index (χ1n) is 8.32. The predicted molar refractivity (Wildman–Crippen MR) is 102 cm³/mol. The van der Waals surface area contributed by atoms with Gasteiger partial charge in [0, 0.05) is 11.1 Å². The monoisotopic (exact) mass is 386 g/mol. The fourth-order valence-electron chi connectivity index (χ4n) is 2.59. The van der Waals surface area contributed by atoms with Crippen LogP contribution in [0.3, 0.4) is 0 Å². The van der Waals surface area contributed by atoms with Crippen LogP contribution in [0.1, 0.15) is 17.2 Å². The lowest BCUT2D eigenvalue weighted by atomic mass is 10.1. The van der Waals surface area contributed by atoms with Crippen molar-refractivity contribution in [1.82, 2.24) is 0 Å². The third-order valence-electron chi connectivity index (χ3n) is 3.89. The van der Waals surface area contributed by atoms with Crippen LogP contribution in [-0.4, -0.2) is 21.9 Å². The van der Waals surface area contributed by atoms with E-state index in [0.717, 1.165) is 5.56 Å². The highest BCUT2D eigenvalue weighted by Crippen LogP contribution is 2.35. The lowest BCUT2D eigenvalue weighted by Crippen LogP contribution is -2.12. The van der Waals surface area contributed by atoms with E-state index in [1.807, 2.05) is 6.07 Å². The molecule has 0 bridgehead atoms. The molecule has 3 aromatic carbocycles. The van der Waals surface area contributed by atoms with Crippen molar-refractivity contribution in [2.24, 2.45) is 0 Å². The van der Waals surface area contributed by atoms with Gasteiger partial charge >= 0.3 is 0 Å². The number of hydrogen-bond acceptors (Lipinski definition) is 5. The van der Waals surface area contributed by atoms with Gasteiger partial charge in [0.25, 0.3) is 0 Å². The van der Waals surface area contributed by atoms with E-state index >= 15 is 0 Å². The molecule has 3 rings (SSSR count). The van der Waals surface area contributed by atoms with Crippen molar-refractivity contribution in [3.63, 3.8) is 0 Å². The molecule has 3 aromatic rings. The van der Waals surface area contributed by atoms with Crippen molar-refractivity contribution in [2.75, 3.05) is 6.61 Å². The van der Waals surface area contributed by atoms with Crippen molar-refractivity contribution < 1.29 is 24.8 Å². The Balaban J connectivity index is 1.80. The summed E-state index contributed by atoms with van der Waals surface area (Å²) in [5, 5.41) is 29.4. The molecule has 0 amide bonds. The van der Waals surface area contributed by atoms with Gasteiger partial charge in [-0.05, 0) is 47.5 Å². The predicted octanol–water partition coefficient (Wildman–Crippen LogP) is 4.44. The number of ether oxygens (including phenoxy) is 2. The summed E-state index contributed by atoms with van der Waals surface area (Å²) in [5.41, 5.74) is 1.42. The second kappa shape index (κ2) is 8.66. The number of rotatable bonds is 7. The Labute approximate surface area is 162 Å². The molecule has 6 heteroatoms. The maximum atomic E-state index is 9.71. The Morgan fingerprint density at radius 3 is 2.30 bits per heavy atom. The number of halogens is 1. The quantitative estimate of drug-likeness (QED) is 0.559. The molecule has 0 aliphatic rings. The van der Waals surface area contributed by atoms with Crippen molar-refractivity contribution in [1.29, 1.82) is 0 Å². The molecule has 0 spiro atoms. The largest absolute Gasteiger partial charge is 0.508 e. The van der Waals surface area contributed by atoms with Gasteiger partial charge in [0.05, 0.1) is 6.61 Å². The van der Waals surface area contributed by atoms with Crippen molar-refractivity contribution in [3.8, 4) is 23.0 Å². The molecule has 3 N–H and O–H groups in total. The van der Waals surface area contributed by atoms with Crippen LogP contribution in [0.2, 0.25) is 5.02 Å². The zero-order valence-corrected chi connectivity index (χ0v) is 15.1. The molecule has 0 heterocycles. The third-order valence-corrected chi connectivity index (χ3v) is 4.12. The van der Waals surface area contributed by atoms with E-state index in [1.54, 1.807) is 54.6 Å². The van der Waals surface area contributed by atoms with Crippen LogP contribution in [0.15, 0.2) is 66.7 Å². The number of aliphatic hydroxyl groups is 1. The molecule has 0 fully saturated rings. The van der Waals surface area contributed by atoms with Crippen LogP contribution in [0.4, 0.5) is 0 Å². The maximum Gasteiger partial charge on any atom is 0.163 e. The van der Waals surface area contributed by atoms with Gasteiger partial charge in [-0.3, -0.25) is 0 Å². The van der Waals surface area contributed by atoms with Gasteiger partial charge in [-0.25, -0.2) is 0 Å². The number of hydrogen-bond donors (Lipinski definition) is 3. The molecule has 1 unspecified atom stereocenters. The second-order valence-electron chi connectivity index (χ2n) is 5.93. The number of aliphatic hydroxyl groups excluding tert-OH is 1. The van der Waals surface area contributed by atoms with Crippen LogP contribution in [0.25, 0.3) is 0 Å². The molecule has 0 aliphatic carbocycles. The minimum atomic E-state index is -0.679. The highest BCUT2D eigenvalue weighted by Gasteiger charge is 2.16. The van der Waals surface area contributed by atoms with Crippen LogP contribution in [0, 0.1) is 0 Å². The standard InChI is InChI=1S/C21H19ClO5/c22-16-7-8-19(27-21(12-23)15-4-2-6-18(25)10-15)20(11-16)26-13-14-3-1-5-17(24)9-14/h1-11,21,23-25H,12-13H2. The molecule has 27 heavy (non-hydrogen) atoms. The van der Waals surface area contributed by atoms with Crippen molar-refractivity contribution >= 4 is 11.6 Å². The lowest BCUT2D eigenvalue weighted by molar-refractivity contribution is 0.111. The minimum absolute atomic E-state index is 0.0889. The normalized spacial score (nSPS) is 11.8. The van der Waals surface area contributed by atoms with Crippen molar-refractivity contribution in [2.45, 2.75) is 12.7 Å². The summed E-state index contributed by atoms with van der Waals surface area (Å²) in [6.07, 6.45) is -0.679. The number of benzene rings is 3. The molecule has 0 saturated heterocycles. The molecular weight excluding hydrogens is 368 g/mol. The van der Waals surface area contributed by atoms with E-state index in [9.17, 15) is 15.3 Å². The van der Waals surface area contributed by atoms with Gasteiger partial charge in [0.15, 0.2) is 11.5 Å². The van der Waals surface area contributed by atoms with E-state index in [-0.39, 0.29) is 24.7 Å². The zero-order chi connectivity index (χ0) is 19.2. The van der Waals surface area contributed by atoms with E-state index in [0.29, 0.717) is 22.1 Å². The summed E-state index contributed by atoms with van der Waals surface area (Å²) < 4.78 is 11.7. The van der Waals surface area contributed by atoms with Gasteiger partial charge in [-0.1, -0.05) is 35.9 Å².